The predicted octanol–water partition coefficient (Wildman–Crippen LogP) is 1.32. The third-order valence-corrected chi connectivity index (χ3v) is 2.82. The minimum Gasteiger partial charge on any atom is -0.479 e. The van der Waals surface area contributed by atoms with E-state index in [-0.39, 0.29) is 5.91 Å². The van der Waals surface area contributed by atoms with Gasteiger partial charge in [-0.1, -0.05) is 0 Å². The highest BCUT2D eigenvalue weighted by Gasteiger charge is 2.31. The Morgan fingerprint density at radius 1 is 1.56 bits per heavy atom. The number of hydrogen-bond acceptors (Lipinski definition) is 4. The van der Waals surface area contributed by atoms with Crippen LogP contribution in [-0.2, 0) is 9.53 Å². The van der Waals surface area contributed by atoms with Crippen LogP contribution in [0.2, 0.25) is 0 Å². The number of benzene rings is 1. The lowest BCUT2D eigenvalue weighted by atomic mass is 10.1. The molecule has 1 aromatic rings. The Hall–Kier alpha value is -2.06. The van der Waals surface area contributed by atoms with Gasteiger partial charge in [-0.2, -0.15) is 5.26 Å². The van der Waals surface area contributed by atoms with Gasteiger partial charge < -0.3 is 14.4 Å². The Bertz CT molecular complexity index is 507. The van der Waals surface area contributed by atoms with Gasteiger partial charge in [-0.25, -0.2) is 0 Å². The summed E-state index contributed by atoms with van der Waals surface area (Å²) in [5, 5.41) is 8.90. The number of fused-ring (bicyclic) bond motifs is 1. The molecule has 0 fully saturated rings. The summed E-state index contributed by atoms with van der Waals surface area (Å²) in [6, 6.07) is 7.11. The van der Waals surface area contributed by atoms with Crippen LogP contribution in [0.3, 0.4) is 0 Å². The first-order valence-electron chi connectivity index (χ1n) is 5.68. The number of nitriles is 1. The Morgan fingerprint density at radius 3 is 3.00 bits per heavy atom. The van der Waals surface area contributed by atoms with Gasteiger partial charge in [0.15, 0.2) is 6.10 Å². The van der Waals surface area contributed by atoms with E-state index in [4.69, 9.17) is 14.7 Å². The van der Waals surface area contributed by atoms with E-state index in [2.05, 4.69) is 6.07 Å². The smallest absolute Gasteiger partial charge is 0.267 e. The summed E-state index contributed by atoms with van der Waals surface area (Å²) < 4.78 is 10.5. The average molecular weight is 246 g/mol. The molecule has 1 heterocycles. The van der Waals surface area contributed by atoms with Crippen molar-refractivity contribution >= 4 is 11.6 Å². The minimum absolute atomic E-state index is 0.116. The number of carbonyl (C=O) groups is 1. The lowest BCUT2D eigenvalue weighted by molar-refractivity contribution is -0.125. The highest BCUT2D eigenvalue weighted by molar-refractivity contribution is 6.00. The molecule has 0 N–H and O–H groups in total. The molecule has 0 aliphatic carbocycles. The van der Waals surface area contributed by atoms with E-state index >= 15 is 0 Å². The molecule has 0 bridgehead atoms. The van der Waals surface area contributed by atoms with Gasteiger partial charge in [0.1, 0.15) is 5.75 Å². The molecule has 2 rings (SSSR count). The summed E-state index contributed by atoms with van der Waals surface area (Å²) in [5.41, 5.74) is 1.14. The SMILES string of the molecule is COCCN1C(=O)C(C)Oc2ccc(C#N)cc21. The summed E-state index contributed by atoms with van der Waals surface area (Å²) in [6.45, 7) is 2.60. The van der Waals surface area contributed by atoms with Crippen LogP contribution in [0.1, 0.15) is 12.5 Å². The van der Waals surface area contributed by atoms with Gasteiger partial charge in [0.2, 0.25) is 0 Å². The Kier molecular flexibility index (Phi) is 3.49. The minimum atomic E-state index is -0.512. The van der Waals surface area contributed by atoms with E-state index in [1.54, 1.807) is 37.1 Å². The largest absolute Gasteiger partial charge is 0.479 e. The van der Waals surface area contributed by atoms with Crippen LogP contribution in [0, 0.1) is 11.3 Å². The summed E-state index contributed by atoms with van der Waals surface area (Å²) >= 11 is 0. The van der Waals surface area contributed by atoms with Crippen LogP contribution in [0.25, 0.3) is 0 Å². The molecule has 1 unspecified atom stereocenters. The third-order valence-electron chi connectivity index (χ3n) is 2.82. The van der Waals surface area contributed by atoms with Gasteiger partial charge >= 0.3 is 0 Å². The van der Waals surface area contributed by atoms with Crippen LogP contribution < -0.4 is 9.64 Å². The number of anilines is 1. The summed E-state index contributed by atoms with van der Waals surface area (Å²) in [5.74, 6) is 0.506. The number of carbonyl (C=O) groups excluding carboxylic acids is 1. The first-order valence-corrected chi connectivity index (χ1v) is 5.68. The van der Waals surface area contributed by atoms with Gasteiger partial charge in [0.05, 0.1) is 23.9 Å². The molecule has 1 aromatic carbocycles. The lowest BCUT2D eigenvalue weighted by Crippen LogP contribution is -2.45. The second-order valence-corrected chi connectivity index (χ2v) is 4.04. The van der Waals surface area contributed by atoms with E-state index in [1.807, 2.05) is 0 Å². The lowest BCUT2D eigenvalue weighted by Gasteiger charge is -2.32. The van der Waals surface area contributed by atoms with E-state index in [9.17, 15) is 4.79 Å². The average Bonchev–Trinajstić information content (AvgIpc) is 2.39. The summed E-state index contributed by atoms with van der Waals surface area (Å²) in [6.07, 6.45) is -0.512. The van der Waals surface area contributed by atoms with Crippen molar-refractivity contribution in [1.82, 2.24) is 0 Å². The number of rotatable bonds is 3. The molecule has 0 radical (unpaired) electrons. The van der Waals surface area contributed by atoms with Crippen LogP contribution >= 0.6 is 0 Å². The van der Waals surface area contributed by atoms with Crippen molar-refractivity contribution in [3.63, 3.8) is 0 Å². The van der Waals surface area contributed by atoms with Crippen molar-refractivity contribution in [3.8, 4) is 11.8 Å². The second-order valence-electron chi connectivity index (χ2n) is 4.04. The maximum atomic E-state index is 12.1. The topological polar surface area (TPSA) is 62.6 Å². The van der Waals surface area contributed by atoms with Crippen molar-refractivity contribution in [2.45, 2.75) is 13.0 Å². The predicted molar refractivity (Wildman–Crippen MR) is 65.5 cm³/mol. The van der Waals surface area contributed by atoms with Gasteiger partial charge in [0.25, 0.3) is 5.91 Å². The Balaban J connectivity index is 2.40. The molecule has 1 aliphatic rings. The van der Waals surface area contributed by atoms with E-state index in [1.165, 1.54) is 0 Å². The van der Waals surface area contributed by atoms with E-state index < -0.39 is 6.10 Å². The second kappa shape index (κ2) is 5.07. The Morgan fingerprint density at radius 2 is 2.33 bits per heavy atom. The van der Waals surface area contributed by atoms with Crippen molar-refractivity contribution < 1.29 is 14.3 Å². The first-order chi connectivity index (χ1) is 8.67. The fourth-order valence-corrected chi connectivity index (χ4v) is 1.89. The van der Waals surface area contributed by atoms with Gasteiger partial charge in [0, 0.05) is 13.7 Å². The molecule has 0 saturated carbocycles. The van der Waals surface area contributed by atoms with Crippen molar-refractivity contribution in [2.24, 2.45) is 0 Å². The highest BCUT2D eigenvalue weighted by atomic mass is 16.5. The molecule has 1 aliphatic heterocycles. The van der Waals surface area contributed by atoms with Crippen molar-refractivity contribution in [2.75, 3.05) is 25.2 Å². The molecule has 94 valence electrons. The molecule has 0 aromatic heterocycles. The number of methoxy groups -OCH3 is 1. The first kappa shape index (κ1) is 12.4. The number of nitrogens with zero attached hydrogens (tertiary/aromatic N) is 2. The molecule has 18 heavy (non-hydrogen) atoms. The number of hydrogen-bond donors (Lipinski definition) is 0. The van der Waals surface area contributed by atoms with Crippen molar-refractivity contribution in [1.29, 1.82) is 5.26 Å². The maximum absolute atomic E-state index is 12.1. The molecular weight excluding hydrogens is 232 g/mol. The Labute approximate surface area is 106 Å². The van der Waals surface area contributed by atoms with Crippen LogP contribution in [0.15, 0.2) is 18.2 Å². The van der Waals surface area contributed by atoms with Crippen molar-refractivity contribution in [3.05, 3.63) is 23.8 Å². The molecule has 5 heteroatoms. The fourth-order valence-electron chi connectivity index (χ4n) is 1.89. The summed E-state index contributed by atoms with van der Waals surface area (Å²) in [4.78, 5) is 13.7. The number of amides is 1. The van der Waals surface area contributed by atoms with Gasteiger partial charge in [-0.05, 0) is 25.1 Å². The zero-order valence-corrected chi connectivity index (χ0v) is 10.3. The fraction of sp³-hybridized carbons (Fsp3) is 0.385. The third kappa shape index (κ3) is 2.15. The molecule has 0 spiro atoms. The van der Waals surface area contributed by atoms with Gasteiger partial charge in [-0.3, -0.25) is 4.79 Å². The highest BCUT2D eigenvalue weighted by Crippen LogP contribution is 2.34. The molecular formula is C13H14N2O3. The van der Waals surface area contributed by atoms with Gasteiger partial charge in [-0.15, -0.1) is 0 Å². The van der Waals surface area contributed by atoms with E-state index in [0.29, 0.717) is 30.2 Å². The molecule has 5 nitrogen and oxygen atoms in total. The zero-order chi connectivity index (χ0) is 13.1. The van der Waals surface area contributed by atoms with Crippen LogP contribution in [0.4, 0.5) is 5.69 Å². The molecule has 1 atom stereocenters. The normalized spacial score (nSPS) is 17.9. The monoisotopic (exact) mass is 246 g/mol. The standard InChI is InChI=1S/C13H14N2O3/c1-9-13(16)15(5-6-17-2)11-7-10(8-14)3-4-12(11)18-9/h3-4,7,9H,5-6H2,1-2H3. The zero-order valence-electron chi connectivity index (χ0n) is 10.3. The van der Waals surface area contributed by atoms with Crippen LogP contribution in [-0.4, -0.2) is 32.3 Å². The number of ether oxygens (including phenoxy) is 2. The quantitative estimate of drug-likeness (QED) is 0.807. The maximum Gasteiger partial charge on any atom is 0.267 e. The molecule has 0 saturated heterocycles. The van der Waals surface area contributed by atoms with E-state index in [0.717, 1.165) is 0 Å². The summed E-state index contributed by atoms with van der Waals surface area (Å²) in [7, 11) is 1.58. The molecule has 1 amide bonds. The van der Waals surface area contributed by atoms with Crippen LogP contribution in [0.5, 0.6) is 5.75 Å².